The zero-order chi connectivity index (χ0) is 19.9. The Morgan fingerprint density at radius 3 is 2.41 bits per heavy atom. The Morgan fingerprint density at radius 2 is 1.78 bits per heavy atom. The van der Waals surface area contributed by atoms with Crippen LogP contribution in [0.2, 0.25) is 0 Å². The van der Waals surface area contributed by atoms with Crippen molar-refractivity contribution in [2.24, 2.45) is 0 Å². The minimum atomic E-state index is -3.57. The number of anilines is 1. The van der Waals surface area contributed by atoms with Gasteiger partial charge < -0.3 is 5.32 Å². The summed E-state index contributed by atoms with van der Waals surface area (Å²) < 4.78 is 39.4. The highest BCUT2D eigenvalue weighted by Crippen LogP contribution is 2.21. The average Bonchev–Trinajstić information content (AvgIpc) is 2.64. The van der Waals surface area contributed by atoms with Gasteiger partial charge in [-0.25, -0.2) is 12.8 Å². The Bertz CT molecular complexity index is 867. The molecule has 0 aliphatic rings. The van der Waals surface area contributed by atoms with Gasteiger partial charge in [0.2, 0.25) is 15.9 Å². The van der Waals surface area contributed by atoms with Gasteiger partial charge in [-0.2, -0.15) is 4.31 Å². The number of nitrogens with one attached hydrogen (secondary N) is 1. The molecule has 8 heteroatoms. The third kappa shape index (κ3) is 6.05. The molecule has 0 aromatic heterocycles. The van der Waals surface area contributed by atoms with E-state index in [0.717, 1.165) is 4.90 Å². The second kappa shape index (κ2) is 9.87. The van der Waals surface area contributed by atoms with Crippen molar-refractivity contribution < 1.29 is 17.6 Å². The van der Waals surface area contributed by atoms with Crippen LogP contribution in [0.5, 0.6) is 0 Å². The summed E-state index contributed by atoms with van der Waals surface area (Å²) in [6.45, 7) is 4.34. The first-order chi connectivity index (χ1) is 12.9. The molecule has 1 amide bonds. The Morgan fingerprint density at radius 1 is 1.11 bits per heavy atom. The third-order valence-corrected chi connectivity index (χ3v) is 6.93. The van der Waals surface area contributed by atoms with Crippen molar-refractivity contribution in [1.82, 2.24) is 4.31 Å². The summed E-state index contributed by atoms with van der Waals surface area (Å²) in [5, 5.41) is 2.73. The van der Waals surface area contributed by atoms with Gasteiger partial charge in [-0.1, -0.05) is 19.9 Å². The molecule has 27 heavy (non-hydrogen) atoms. The number of hydrogen-bond donors (Lipinski definition) is 1. The second-order valence-electron chi connectivity index (χ2n) is 5.72. The fourth-order valence-corrected chi connectivity index (χ4v) is 4.82. The smallest absolute Gasteiger partial charge is 0.243 e. The van der Waals surface area contributed by atoms with Gasteiger partial charge in [-0.05, 0) is 42.5 Å². The van der Waals surface area contributed by atoms with Crippen LogP contribution < -0.4 is 5.32 Å². The molecule has 0 radical (unpaired) electrons. The number of sulfonamides is 1. The van der Waals surface area contributed by atoms with Crippen molar-refractivity contribution in [2.75, 3.05) is 24.2 Å². The van der Waals surface area contributed by atoms with Crippen LogP contribution in [0.3, 0.4) is 0 Å². The van der Waals surface area contributed by atoms with E-state index in [2.05, 4.69) is 5.32 Å². The van der Waals surface area contributed by atoms with E-state index in [1.165, 1.54) is 40.3 Å². The number of nitrogens with zero attached hydrogens (tertiary/aromatic N) is 1. The molecule has 2 aromatic carbocycles. The number of halogens is 1. The second-order valence-corrected chi connectivity index (χ2v) is 8.82. The average molecular weight is 411 g/mol. The molecule has 0 atom stereocenters. The number of benzene rings is 2. The summed E-state index contributed by atoms with van der Waals surface area (Å²) in [4.78, 5) is 13.2. The van der Waals surface area contributed by atoms with E-state index in [0.29, 0.717) is 24.5 Å². The number of rotatable bonds is 9. The van der Waals surface area contributed by atoms with Gasteiger partial charge in [-0.15, -0.1) is 11.8 Å². The predicted molar refractivity (Wildman–Crippen MR) is 107 cm³/mol. The molecule has 0 aliphatic carbocycles. The Kier molecular flexibility index (Phi) is 7.82. The highest BCUT2D eigenvalue weighted by Gasteiger charge is 2.21. The maximum absolute atomic E-state index is 12.9. The van der Waals surface area contributed by atoms with E-state index in [9.17, 15) is 17.6 Å². The fourth-order valence-electron chi connectivity index (χ4n) is 2.46. The normalized spacial score (nSPS) is 11.6. The minimum Gasteiger partial charge on any atom is -0.326 e. The summed E-state index contributed by atoms with van der Waals surface area (Å²) in [7, 11) is -3.57. The predicted octanol–water partition coefficient (Wildman–Crippen LogP) is 3.98. The van der Waals surface area contributed by atoms with Gasteiger partial charge in [0.1, 0.15) is 5.82 Å². The Balaban J connectivity index is 1.95. The van der Waals surface area contributed by atoms with E-state index >= 15 is 0 Å². The SMILES string of the molecule is CCN(CC)S(=O)(=O)c1cccc(NC(=O)CCSc2ccc(F)cc2)c1. The van der Waals surface area contributed by atoms with Gasteiger partial charge >= 0.3 is 0 Å². The minimum absolute atomic E-state index is 0.157. The molecule has 2 rings (SSSR count). The molecular weight excluding hydrogens is 387 g/mol. The van der Waals surface area contributed by atoms with Crippen LogP contribution in [0.1, 0.15) is 20.3 Å². The lowest BCUT2D eigenvalue weighted by Gasteiger charge is -2.18. The van der Waals surface area contributed by atoms with Gasteiger partial charge in [0.15, 0.2) is 0 Å². The number of carbonyl (C=O) groups is 1. The first-order valence-electron chi connectivity index (χ1n) is 8.65. The van der Waals surface area contributed by atoms with Crippen LogP contribution in [-0.2, 0) is 14.8 Å². The van der Waals surface area contributed by atoms with Gasteiger partial charge in [0.25, 0.3) is 0 Å². The van der Waals surface area contributed by atoms with Gasteiger partial charge in [-0.3, -0.25) is 4.79 Å². The van der Waals surface area contributed by atoms with Crippen LogP contribution in [0.25, 0.3) is 0 Å². The Labute approximate surface area is 164 Å². The molecule has 0 saturated heterocycles. The van der Waals surface area contributed by atoms with Crippen molar-refractivity contribution >= 4 is 33.4 Å². The summed E-state index contributed by atoms with van der Waals surface area (Å²) in [5.74, 6) is 0.0353. The molecule has 0 bridgehead atoms. The zero-order valence-corrected chi connectivity index (χ0v) is 16.9. The highest BCUT2D eigenvalue weighted by molar-refractivity contribution is 7.99. The lowest BCUT2D eigenvalue weighted by Crippen LogP contribution is -2.30. The number of carbonyl (C=O) groups excluding carboxylic acids is 1. The highest BCUT2D eigenvalue weighted by atomic mass is 32.2. The molecule has 1 N–H and O–H groups in total. The first kappa shape index (κ1) is 21.4. The molecule has 0 spiro atoms. The van der Waals surface area contributed by atoms with Crippen LogP contribution >= 0.6 is 11.8 Å². The molecule has 146 valence electrons. The molecule has 0 unspecified atom stereocenters. The fraction of sp³-hybridized carbons (Fsp3) is 0.316. The number of hydrogen-bond acceptors (Lipinski definition) is 4. The lowest BCUT2D eigenvalue weighted by molar-refractivity contribution is -0.115. The van der Waals surface area contributed by atoms with Crippen LogP contribution in [0.15, 0.2) is 58.3 Å². The molecule has 0 heterocycles. The van der Waals surface area contributed by atoms with Crippen LogP contribution in [0, 0.1) is 5.82 Å². The van der Waals surface area contributed by atoms with E-state index in [4.69, 9.17) is 0 Å². The Hall–Kier alpha value is -1.90. The molecule has 2 aromatic rings. The number of amides is 1. The van der Waals surface area contributed by atoms with E-state index in [1.54, 1.807) is 38.1 Å². The third-order valence-electron chi connectivity index (χ3n) is 3.87. The summed E-state index contributed by atoms with van der Waals surface area (Å²) in [6, 6.07) is 12.4. The molecule has 0 aliphatic heterocycles. The van der Waals surface area contributed by atoms with E-state index < -0.39 is 10.0 Å². The molecule has 0 fully saturated rings. The zero-order valence-electron chi connectivity index (χ0n) is 15.3. The van der Waals surface area contributed by atoms with Crippen molar-refractivity contribution in [2.45, 2.75) is 30.1 Å². The first-order valence-corrected chi connectivity index (χ1v) is 11.1. The van der Waals surface area contributed by atoms with Crippen molar-refractivity contribution in [3.63, 3.8) is 0 Å². The quantitative estimate of drug-likeness (QED) is 0.635. The lowest BCUT2D eigenvalue weighted by atomic mass is 10.3. The van der Waals surface area contributed by atoms with Gasteiger partial charge in [0.05, 0.1) is 4.90 Å². The van der Waals surface area contributed by atoms with E-state index in [1.807, 2.05) is 0 Å². The summed E-state index contributed by atoms with van der Waals surface area (Å²) in [5.41, 5.74) is 0.444. The largest absolute Gasteiger partial charge is 0.326 e. The van der Waals surface area contributed by atoms with Crippen molar-refractivity contribution in [3.05, 3.63) is 54.3 Å². The maximum atomic E-state index is 12.9. The molecular formula is C19H23FN2O3S2. The summed E-state index contributed by atoms with van der Waals surface area (Å²) >= 11 is 1.46. The monoisotopic (exact) mass is 410 g/mol. The standard InChI is InChI=1S/C19H23FN2O3S2/c1-3-22(4-2)27(24,25)18-7-5-6-16(14-18)21-19(23)12-13-26-17-10-8-15(20)9-11-17/h5-11,14H,3-4,12-13H2,1-2H3,(H,21,23). The van der Waals surface area contributed by atoms with Crippen LogP contribution in [0.4, 0.5) is 10.1 Å². The van der Waals surface area contributed by atoms with E-state index in [-0.39, 0.29) is 23.0 Å². The van der Waals surface area contributed by atoms with Crippen LogP contribution in [-0.4, -0.2) is 37.5 Å². The summed E-state index contributed by atoms with van der Waals surface area (Å²) in [6.07, 6.45) is 0.259. The van der Waals surface area contributed by atoms with Gasteiger partial charge in [0, 0.05) is 35.8 Å². The van der Waals surface area contributed by atoms with Crippen molar-refractivity contribution in [3.8, 4) is 0 Å². The maximum Gasteiger partial charge on any atom is 0.243 e. The molecule has 0 saturated carbocycles. The molecule has 5 nitrogen and oxygen atoms in total. The number of thioether (sulfide) groups is 1. The topological polar surface area (TPSA) is 66.5 Å². The van der Waals surface area contributed by atoms with Crippen molar-refractivity contribution in [1.29, 1.82) is 0 Å².